The highest BCUT2D eigenvalue weighted by molar-refractivity contribution is 7.14. The highest BCUT2D eigenvalue weighted by atomic mass is 32.1. The van der Waals surface area contributed by atoms with E-state index in [1.54, 1.807) is 6.07 Å². The monoisotopic (exact) mass is 371 g/mol. The number of nitrogens with one attached hydrogen (secondary N) is 1. The summed E-state index contributed by atoms with van der Waals surface area (Å²) in [7, 11) is 0. The lowest BCUT2D eigenvalue weighted by Crippen LogP contribution is -2.40. The van der Waals surface area contributed by atoms with Gasteiger partial charge in [0.2, 0.25) is 0 Å². The van der Waals surface area contributed by atoms with Crippen molar-refractivity contribution in [1.29, 1.82) is 0 Å². The molecule has 0 saturated heterocycles. The van der Waals surface area contributed by atoms with Crippen molar-refractivity contribution in [2.24, 2.45) is 0 Å². The van der Waals surface area contributed by atoms with E-state index in [1.807, 2.05) is 25.1 Å². The molecule has 0 spiro atoms. The maximum absolute atomic E-state index is 14.8. The van der Waals surface area contributed by atoms with Crippen LogP contribution in [0.1, 0.15) is 37.1 Å². The molecule has 134 valence electrons. The summed E-state index contributed by atoms with van der Waals surface area (Å²) < 4.78 is 14.8. The van der Waals surface area contributed by atoms with Gasteiger partial charge in [0.25, 0.3) is 5.91 Å². The number of benzene rings is 1. The number of fused-ring (bicyclic) bond motifs is 1. The van der Waals surface area contributed by atoms with Crippen molar-refractivity contribution in [3.8, 4) is 10.6 Å². The van der Waals surface area contributed by atoms with Crippen LogP contribution in [0.3, 0.4) is 0 Å². The standard InChI is InChI=1S/C18H18FN5OS/c1-11-21-24-16(26-11)12-5-6-14-13(9-12)10-15(23-22-14)20-17(25)18(19)7-3-2-4-8-18/h5-6,9-10H,2-4,7-8H2,1H3,(H,20,23,25). The SMILES string of the molecule is Cc1nnc(-c2ccc3nnc(NC(=O)C4(F)CCCCC4)cc3c2)s1. The number of aryl methyl sites for hydroxylation is 1. The van der Waals surface area contributed by atoms with Crippen LogP contribution in [0.15, 0.2) is 24.3 Å². The fraction of sp³-hybridized carbons (Fsp3) is 0.389. The number of rotatable bonds is 3. The number of hydrogen-bond acceptors (Lipinski definition) is 6. The Kier molecular flexibility index (Phi) is 4.36. The third-order valence-corrected chi connectivity index (χ3v) is 5.54. The molecule has 2 heterocycles. The number of nitrogens with zero attached hydrogens (tertiary/aromatic N) is 4. The second kappa shape index (κ2) is 6.68. The molecular weight excluding hydrogens is 353 g/mol. The van der Waals surface area contributed by atoms with Crippen LogP contribution < -0.4 is 5.32 Å². The van der Waals surface area contributed by atoms with Gasteiger partial charge in [-0.25, -0.2) is 4.39 Å². The van der Waals surface area contributed by atoms with Gasteiger partial charge in [0.1, 0.15) is 10.0 Å². The minimum Gasteiger partial charge on any atom is -0.306 e. The highest BCUT2D eigenvalue weighted by Crippen LogP contribution is 2.33. The molecule has 0 atom stereocenters. The van der Waals surface area contributed by atoms with E-state index in [0.29, 0.717) is 5.52 Å². The lowest BCUT2D eigenvalue weighted by atomic mass is 9.86. The van der Waals surface area contributed by atoms with Crippen LogP contribution >= 0.6 is 11.3 Å². The molecule has 1 fully saturated rings. The smallest absolute Gasteiger partial charge is 0.263 e. The fourth-order valence-corrected chi connectivity index (χ4v) is 3.91. The quantitative estimate of drug-likeness (QED) is 0.751. The van der Waals surface area contributed by atoms with Gasteiger partial charge in [-0.1, -0.05) is 17.8 Å². The van der Waals surface area contributed by atoms with Crippen molar-refractivity contribution in [3.05, 3.63) is 29.3 Å². The molecule has 1 N–H and O–H groups in total. The van der Waals surface area contributed by atoms with E-state index in [-0.39, 0.29) is 18.7 Å². The molecule has 8 heteroatoms. The third kappa shape index (κ3) is 3.29. The van der Waals surface area contributed by atoms with Gasteiger partial charge in [-0.2, -0.15) is 0 Å². The molecule has 1 aliphatic carbocycles. The van der Waals surface area contributed by atoms with Crippen LogP contribution in [0.25, 0.3) is 21.5 Å². The summed E-state index contributed by atoms with van der Waals surface area (Å²) in [5, 5.41) is 21.4. The second-order valence-corrected chi connectivity index (χ2v) is 7.79. The number of anilines is 1. The number of alkyl halides is 1. The zero-order chi connectivity index (χ0) is 18.1. The average molecular weight is 371 g/mol. The summed E-state index contributed by atoms with van der Waals surface area (Å²) in [5.74, 6) is -0.363. The van der Waals surface area contributed by atoms with E-state index in [9.17, 15) is 9.18 Å². The molecule has 1 saturated carbocycles. The first kappa shape index (κ1) is 17.0. The van der Waals surface area contributed by atoms with E-state index in [0.717, 1.165) is 40.2 Å². The first-order chi connectivity index (χ1) is 12.5. The lowest BCUT2D eigenvalue weighted by molar-refractivity contribution is -0.129. The Morgan fingerprint density at radius 1 is 1.12 bits per heavy atom. The molecule has 6 nitrogen and oxygen atoms in total. The molecular formula is C18H18FN5OS. The van der Waals surface area contributed by atoms with E-state index in [1.165, 1.54) is 11.3 Å². The minimum atomic E-state index is -1.80. The molecule has 1 aliphatic rings. The number of halogens is 1. The molecule has 4 rings (SSSR count). The highest BCUT2D eigenvalue weighted by Gasteiger charge is 2.39. The van der Waals surface area contributed by atoms with Gasteiger partial charge in [-0.3, -0.25) is 4.79 Å². The Balaban J connectivity index is 1.61. The predicted octanol–water partition coefficient (Wildman–Crippen LogP) is 4.07. The van der Waals surface area contributed by atoms with Crippen molar-refractivity contribution in [2.75, 3.05) is 5.32 Å². The van der Waals surface area contributed by atoms with Crippen LogP contribution in [-0.4, -0.2) is 32.0 Å². The van der Waals surface area contributed by atoms with Gasteiger partial charge in [0.15, 0.2) is 11.5 Å². The topological polar surface area (TPSA) is 80.7 Å². The first-order valence-corrected chi connectivity index (χ1v) is 9.43. The Labute approximate surface area is 153 Å². The summed E-state index contributed by atoms with van der Waals surface area (Å²) in [5.41, 5.74) is -0.191. The van der Waals surface area contributed by atoms with Crippen molar-refractivity contribution < 1.29 is 9.18 Å². The van der Waals surface area contributed by atoms with Crippen LogP contribution in [0.5, 0.6) is 0 Å². The number of carbonyl (C=O) groups is 1. The van der Waals surface area contributed by atoms with E-state index in [2.05, 4.69) is 25.7 Å². The van der Waals surface area contributed by atoms with Gasteiger partial charge in [-0.05, 0) is 56.9 Å². The Morgan fingerprint density at radius 3 is 2.65 bits per heavy atom. The van der Waals surface area contributed by atoms with Crippen LogP contribution in [-0.2, 0) is 4.79 Å². The molecule has 0 radical (unpaired) electrons. The van der Waals surface area contributed by atoms with E-state index < -0.39 is 11.6 Å². The number of carbonyl (C=O) groups excluding carboxylic acids is 1. The van der Waals surface area contributed by atoms with Gasteiger partial charge in [0.05, 0.1) is 5.52 Å². The summed E-state index contributed by atoms with van der Waals surface area (Å²) in [4.78, 5) is 12.3. The molecule has 0 unspecified atom stereocenters. The zero-order valence-electron chi connectivity index (χ0n) is 14.3. The molecule has 0 aliphatic heterocycles. The van der Waals surface area contributed by atoms with Crippen LogP contribution in [0, 0.1) is 6.92 Å². The normalized spacial score (nSPS) is 16.5. The molecule has 1 aromatic carbocycles. The molecule has 26 heavy (non-hydrogen) atoms. The molecule has 0 bridgehead atoms. The fourth-order valence-electron chi connectivity index (χ4n) is 3.22. The summed E-state index contributed by atoms with van der Waals surface area (Å²) in [6.07, 6.45) is 2.97. The number of aromatic nitrogens is 4. The van der Waals surface area contributed by atoms with Gasteiger partial charge in [-0.15, -0.1) is 20.4 Å². The van der Waals surface area contributed by atoms with Crippen molar-refractivity contribution in [3.63, 3.8) is 0 Å². The lowest BCUT2D eigenvalue weighted by Gasteiger charge is -2.27. The zero-order valence-corrected chi connectivity index (χ0v) is 15.1. The molecule has 3 aromatic rings. The summed E-state index contributed by atoms with van der Waals surface area (Å²) >= 11 is 1.50. The van der Waals surface area contributed by atoms with E-state index in [4.69, 9.17) is 0 Å². The van der Waals surface area contributed by atoms with Gasteiger partial charge >= 0.3 is 0 Å². The number of hydrogen-bond donors (Lipinski definition) is 1. The average Bonchev–Trinajstić information content (AvgIpc) is 3.08. The maximum atomic E-state index is 14.8. The molecule has 2 aromatic heterocycles. The van der Waals surface area contributed by atoms with Gasteiger partial charge in [0, 0.05) is 10.9 Å². The first-order valence-electron chi connectivity index (χ1n) is 8.62. The van der Waals surface area contributed by atoms with Gasteiger partial charge < -0.3 is 5.32 Å². The van der Waals surface area contributed by atoms with Crippen LogP contribution in [0.4, 0.5) is 10.2 Å². The Bertz CT molecular complexity index is 967. The maximum Gasteiger partial charge on any atom is 0.263 e. The minimum absolute atomic E-state index is 0.260. The summed E-state index contributed by atoms with van der Waals surface area (Å²) in [6.45, 7) is 1.90. The third-order valence-electron chi connectivity index (χ3n) is 4.65. The van der Waals surface area contributed by atoms with Crippen molar-refractivity contribution in [1.82, 2.24) is 20.4 Å². The largest absolute Gasteiger partial charge is 0.306 e. The second-order valence-electron chi connectivity index (χ2n) is 6.61. The Hall–Kier alpha value is -2.48. The Morgan fingerprint density at radius 2 is 1.92 bits per heavy atom. The van der Waals surface area contributed by atoms with E-state index >= 15 is 0 Å². The number of amides is 1. The van der Waals surface area contributed by atoms with Crippen molar-refractivity contribution in [2.45, 2.75) is 44.7 Å². The molecule has 1 amide bonds. The predicted molar refractivity (Wildman–Crippen MR) is 98.7 cm³/mol. The summed E-state index contributed by atoms with van der Waals surface area (Å²) in [6, 6.07) is 7.39. The van der Waals surface area contributed by atoms with Crippen LogP contribution in [0.2, 0.25) is 0 Å². The van der Waals surface area contributed by atoms with Crippen molar-refractivity contribution >= 4 is 34.0 Å².